The summed E-state index contributed by atoms with van der Waals surface area (Å²) in [4.78, 5) is 3.35. The Morgan fingerprint density at radius 3 is 2.79 bits per heavy atom. The highest BCUT2D eigenvalue weighted by atomic mass is 15.5. The summed E-state index contributed by atoms with van der Waals surface area (Å²) in [5.41, 5.74) is 2.41. The molecular weight excluding hydrogens is 238 g/mol. The summed E-state index contributed by atoms with van der Waals surface area (Å²) in [7, 11) is 0. The molecule has 1 atom stereocenters. The number of rotatable bonds is 4. The molecule has 3 rings (SSSR count). The highest BCUT2D eigenvalue weighted by Crippen LogP contribution is 2.41. The van der Waals surface area contributed by atoms with E-state index in [0.717, 1.165) is 5.69 Å². The maximum absolute atomic E-state index is 5.19. The zero-order valence-corrected chi connectivity index (χ0v) is 10.9. The Kier molecular flexibility index (Phi) is 3.35. The third kappa shape index (κ3) is 2.28. The number of H-pyrrole nitrogens is 1. The molecule has 0 spiro atoms. The summed E-state index contributed by atoms with van der Waals surface area (Å²) >= 11 is 0. The lowest BCUT2D eigenvalue weighted by atomic mass is 9.85. The molecular formula is C14H19N5. The van der Waals surface area contributed by atoms with E-state index in [1.807, 2.05) is 18.5 Å². The van der Waals surface area contributed by atoms with E-state index in [9.17, 15) is 0 Å². The first-order chi connectivity index (χ1) is 9.40. The van der Waals surface area contributed by atoms with Crippen molar-refractivity contribution in [3.05, 3.63) is 48.0 Å². The number of nitrogens with zero attached hydrogens (tertiary/aromatic N) is 3. The molecule has 1 fully saturated rings. The summed E-state index contributed by atoms with van der Waals surface area (Å²) in [5.74, 6) is 6.20. The van der Waals surface area contributed by atoms with Gasteiger partial charge in [0.15, 0.2) is 0 Å². The maximum Gasteiger partial charge on any atom is 0.0530 e. The number of hydrogen-bond acceptors (Lipinski definition) is 2. The average Bonchev–Trinajstić information content (AvgIpc) is 3.14. The summed E-state index contributed by atoms with van der Waals surface area (Å²) in [6.45, 7) is 0. The van der Waals surface area contributed by atoms with Crippen LogP contribution in [0.1, 0.15) is 43.0 Å². The van der Waals surface area contributed by atoms with Gasteiger partial charge < -0.3 is 10.8 Å². The van der Waals surface area contributed by atoms with Crippen LogP contribution in [0.2, 0.25) is 0 Å². The van der Waals surface area contributed by atoms with E-state index < -0.39 is 0 Å². The largest absolute Gasteiger partial charge is 0.364 e. The number of aromatic nitrogens is 2. The zero-order valence-electron chi connectivity index (χ0n) is 10.9. The second-order valence-corrected chi connectivity index (χ2v) is 5.13. The Hall–Kier alpha value is -2.04. The van der Waals surface area contributed by atoms with Crippen molar-refractivity contribution >= 4 is 0 Å². The quantitative estimate of drug-likeness (QED) is 0.492. The van der Waals surface area contributed by atoms with E-state index in [1.54, 1.807) is 4.68 Å². The second-order valence-electron chi connectivity index (χ2n) is 5.13. The van der Waals surface area contributed by atoms with Gasteiger partial charge in [-0.2, -0.15) is 0 Å². The van der Waals surface area contributed by atoms with Gasteiger partial charge in [-0.3, -0.25) is 0 Å². The Morgan fingerprint density at radius 1 is 1.26 bits per heavy atom. The minimum Gasteiger partial charge on any atom is -0.364 e. The van der Waals surface area contributed by atoms with Crippen LogP contribution in [0.5, 0.6) is 0 Å². The van der Waals surface area contributed by atoms with Crippen LogP contribution < -0.4 is 5.84 Å². The van der Waals surface area contributed by atoms with E-state index >= 15 is 0 Å². The van der Waals surface area contributed by atoms with Crippen LogP contribution in [-0.2, 0) is 0 Å². The topological polar surface area (TPSA) is 71.5 Å². The maximum atomic E-state index is 5.19. The third-order valence-electron chi connectivity index (χ3n) is 4.05. The van der Waals surface area contributed by atoms with E-state index in [4.69, 9.17) is 5.84 Å². The molecule has 1 aliphatic carbocycles. The lowest BCUT2D eigenvalue weighted by Gasteiger charge is -2.22. The molecule has 0 saturated heterocycles. The second kappa shape index (κ2) is 5.30. The van der Waals surface area contributed by atoms with Gasteiger partial charge in [0, 0.05) is 24.0 Å². The minimum absolute atomic E-state index is 0.345. The van der Waals surface area contributed by atoms with Gasteiger partial charge in [0.25, 0.3) is 0 Å². The highest BCUT2D eigenvalue weighted by Gasteiger charge is 2.30. The molecule has 2 aromatic rings. The highest BCUT2D eigenvalue weighted by molar-refractivity contribution is 5.26. The Balaban J connectivity index is 2.00. The molecule has 100 valence electrons. The van der Waals surface area contributed by atoms with Gasteiger partial charge in [0.05, 0.1) is 5.69 Å². The van der Waals surface area contributed by atoms with Gasteiger partial charge in [-0.1, -0.05) is 18.1 Å². The summed E-state index contributed by atoms with van der Waals surface area (Å²) in [6.07, 6.45) is 9.07. The first-order valence-electron chi connectivity index (χ1n) is 6.82. The van der Waals surface area contributed by atoms with Crippen LogP contribution in [0.15, 0.2) is 47.1 Å². The summed E-state index contributed by atoms with van der Waals surface area (Å²) in [5, 5.41) is 7.38. The van der Waals surface area contributed by atoms with E-state index in [2.05, 4.69) is 33.6 Å². The molecule has 19 heavy (non-hydrogen) atoms. The zero-order chi connectivity index (χ0) is 13.1. The van der Waals surface area contributed by atoms with E-state index in [1.165, 1.54) is 31.4 Å². The summed E-state index contributed by atoms with van der Waals surface area (Å²) < 4.78 is 1.78. The molecule has 0 aromatic carbocycles. The average molecular weight is 257 g/mol. The minimum atomic E-state index is 0.345. The predicted molar refractivity (Wildman–Crippen MR) is 73.5 cm³/mol. The van der Waals surface area contributed by atoms with Crippen molar-refractivity contribution in [3.63, 3.8) is 0 Å². The smallest absolute Gasteiger partial charge is 0.0530 e. The fraction of sp³-hybridized carbons (Fsp3) is 0.429. The monoisotopic (exact) mass is 257 g/mol. The van der Waals surface area contributed by atoms with Crippen LogP contribution in [0.3, 0.4) is 0 Å². The number of aromatic amines is 1. The molecule has 0 bridgehead atoms. The first kappa shape index (κ1) is 12.0. The van der Waals surface area contributed by atoms with Crippen LogP contribution in [0, 0.1) is 5.92 Å². The van der Waals surface area contributed by atoms with Crippen molar-refractivity contribution in [2.75, 3.05) is 0 Å². The molecule has 0 radical (unpaired) electrons. The van der Waals surface area contributed by atoms with Gasteiger partial charge >= 0.3 is 0 Å². The van der Waals surface area contributed by atoms with Crippen molar-refractivity contribution in [2.45, 2.75) is 31.6 Å². The Bertz CT molecular complexity index is 534. The predicted octanol–water partition coefficient (Wildman–Crippen LogP) is 3.23. The van der Waals surface area contributed by atoms with Crippen molar-refractivity contribution in [3.8, 4) is 0 Å². The Morgan fingerprint density at radius 2 is 2.11 bits per heavy atom. The van der Waals surface area contributed by atoms with Crippen molar-refractivity contribution in [1.82, 2.24) is 9.66 Å². The fourth-order valence-electron chi connectivity index (χ4n) is 3.25. The molecule has 5 heteroatoms. The number of nitrogens with two attached hydrogens (primary N) is 1. The van der Waals surface area contributed by atoms with Crippen LogP contribution >= 0.6 is 0 Å². The van der Waals surface area contributed by atoms with Crippen LogP contribution in [0.25, 0.3) is 0 Å². The van der Waals surface area contributed by atoms with Gasteiger partial charge in [0.1, 0.15) is 0 Å². The summed E-state index contributed by atoms with van der Waals surface area (Å²) in [6, 6.07) is 8.31. The Labute approximate surface area is 112 Å². The lowest BCUT2D eigenvalue weighted by molar-refractivity contribution is 0.456. The number of hydrogen-bond donors (Lipinski definition) is 2. The fourth-order valence-corrected chi connectivity index (χ4v) is 3.25. The molecule has 1 saturated carbocycles. The van der Waals surface area contributed by atoms with Crippen LogP contribution in [-0.4, -0.2) is 9.66 Å². The van der Waals surface area contributed by atoms with Gasteiger partial charge in [-0.05, 0) is 48.2 Å². The van der Waals surface area contributed by atoms with E-state index in [-0.39, 0.29) is 0 Å². The molecule has 2 heterocycles. The van der Waals surface area contributed by atoms with Crippen LogP contribution in [0.4, 0.5) is 0 Å². The van der Waals surface area contributed by atoms with Crippen molar-refractivity contribution in [2.24, 2.45) is 22.2 Å². The van der Waals surface area contributed by atoms with Gasteiger partial charge in [0.2, 0.25) is 0 Å². The molecule has 0 aliphatic heterocycles. The molecule has 5 nitrogen and oxygen atoms in total. The first-order valence-corrected chi connectivity index (χ1v) is 6.82. The van der Waals surface area contributed by atoms with E-state index in [0.29, 0.717) is 11.8 Å². The van der Waals surface area contributed by atoms with Crippen molar-refractivity contribution in [1.29, 1.82) is 0 Å². The molecule has 0 amide bonds. The molecule has 1 unspecified atom stereocenters. The molecule has 2 aromatic heterocycles. The number of nitrogens with one attached hydrogen (secondary N) is 1. The SMILES string of the molecule is N/N=N/n1cccc1C(c1ccc[nH]1)C1CCCC1. The van der Waals surface area contributed by atoms with Gasteiger partial charge in [-0.15, -0.1) is 0 Å². The van der Waals surface area contributed by atoms with Crippen molar-refractivity contribution < 1.29 is 0 Å². The molecule has 1 aliphatic rings. The normalized spacial score (nSPS) is 18.3. The van der Waals surface area contributed by atoms with Gasteiger partial charge in [-0.25, -0.2) is 4.68 Å². The lowest BCUT2D eigenvalue weighted by Crippen LogP contribution is -2.15. The standard InChI is InChI=1S/C14H19N5/c15-17-18-19-10-4-8-13(19)14(11-5-1-2-6-11)12-7-3-9-16-12/h3-4,7-11,14,16H,1-2,5-6H2,(H2,15,18). The third-order valence-corrected chi connectivity index (χ3v) is 4.05. The molecule has 3 N–H and O–H groups in total.